The Labute approximate surface area is 139 Å². The minimum absolute atomic E-state index is 0.0397. The van der Waals surface area contributed by atoms with Gasteiger partial charge in [0.25, 0.3) is 5.56 Å². The number of rotatable bonds is 11. The lowest BCUT2D eigenvalue weighted by Crippen LogP contribution is -2.35. The highest BCUT2D eigenvalue weighted by Gasteiger charge is 2.24. The third-order valence-electron chi connectivity index (χ3n) is 4.15. The molecule has 0 aromatic carbocycles. The number of hydrogen-bond acceptors (Lipinski definition) is 3. The lowest BCUT2D eigenvalue weighted by Gasteiger charge is -2.32. The Kier molecular flexibility index (Phi) is 8.54. The Bertz CT molecular complexity index is 489. The fourth-order valence-corrected chi connectivity index (χ4v) is 2.89. The van der Waals surface area contributed by atoms with Gasteiger partial charge in [0.2, 0.25) is 0 Å². The Morgan fingerprint density at radius 1 is 1.14 bits per heavy atom. The van der Waals surface area contributed by atoms with Gasteiger partial charge in [-0.05, 0) is 19.8 Å². The van der Waals surface area contributed by atoms with Crippen LogP contribution in [0.4, 0.5) is 5.69 Å². The first-order valence-electron chi connectivity index (χ1n) is 8.53. The number of aromatic amines is 1. The number of aromatic nitrogens is 2. The van der Waals surface area contributed by atoms with Gasteiger partial charge in [0, 0.05) is 5.54 Å². The van der Waals surface area contributed by atoms with E-state index in [1.165, 1.54) is 44.9 Å². The lowest BCUT2D eigenvalue weighted by atomic mass is 9.88. The molecule has 1 atom stereocenters. The number of anilines is 1. The summed E-state index contributed by atoms with van der Waals surface area (Å²) >= 11 is 6.10. The van der Waals surface area contributed by atoms with Crippen LogP contribution in [0.25, 0.3) is 0 Å². The van der Waals surface area contributed by atoms with Crippen LogP contribution in [0.1, 0.15) is 78.6 Å². The molecule has 2 N–H and O–H groups in total. The van der Waals surface area contributed by atoms with E-state index in [4.69, 9.17) is 11.6 Å². The summed E-state index contributed by atoms with van der Waals surface area (Å²) in [5, 5.41) is 9.90. The van der Waals surface area contributed by atoms with Crippen molar-refractivity contribution in [1.29, 1.82) is 0 Å². The Balaban J connectivity index is 2.74. The van der Waals surface area contributed by atoms with Gasteiger partial charge in [0.05, 0.1) is 11.9 Å². The van der Waals surface area contributed by atoms with Crippen LogP contribution in [0.3, 0.4) is 0 Å². The molecule has 1 aromatic heterocycles. The molecule has 0 bridgehead atoms. The molecule has 0 saturated carbocycles. The van der Waals surface area contributed by atoms with Crippen molar-refractivity contribution >= 4 is 17.3 Å². The van der Waals surface area contributed by atoms with Crippen molar-refractivity contribution in [3.8, 4) is 0 Å². The van der Waals surface area contributed by atoms with E-state index in [2.05, 4.69) is 36.3 Å². The van der Waals surface area contributed by atoms with Gasteiger partial charge in [-0.3, -0.25) is 4.79 Å². The molecular formula is C17H30ClN3O. The zero-order valence-electron chi connectivity index (χ0n) is 14.2. The molecule has 126 valence electrons. The summed E-state index contributed by atoms with van der Waals surface area (Å²) in [7, 11) is 0. The maximum absolute atomic E-state index is 11.6. The van der Waals surface area contributed by atoms with E-state index in [1.807, 2.05) is 0 Å². The quantitative estimate of drug-likeness (QED) is 0.553. The Hall–Kier alpha value is -1.03. The predicted molar refractivity (Wildman–Crippen MR) is 94.8 cm³/mol. The van der Waals surface area contributed by atoms with Gasteiger partial charge >= 0.3 is 0 Å². The van der Waals surface area contributed by atoms with Crippen molar-refractivity contribution in [3.63, 3.8) is 0 Å². The van der Waals surface area contributed by atoms with Crippen molar-refractivity contribution in [2.75, 3.05) is 5.32 Å². The summed E-state index contributed by atoms with van der Waals surface area (Å²) in [5.74, 6) is 0. The average Bonchev–Trinajstić information content (AvgIpc) is 2.49. The first-order chi connectivity index (χ1) is 10.5. The fourth-order valence-electron chi connectivity index (χ4n) is 2.75. The Morgan fingerprint density at radius 2 is 1.73 bits per heavy atom. The van der Waals surface area contributed by atoms with E-state index in [1.54, 1.807) is 6.20 Å². The maximum atomic E-state index is 11.6. The summed E-state index contributed by atoms with van der Waals surface area (Å²) in [6, 6.07) is 0. The second kappa shape index (κ2) is 9.88. The SMILES string of the molecule is CCCCCCC(C)(CCCCC)Nc1cn[nH]c(=O)c1Cl. The van der Waals surface area contributed by atoms with Crippen molar-refractivity contribution in [2.45, 2.75) is 84.1 Å². The molecular weight excluding hydrogens is 298 g/mol. The minimum Gasteiger partial charge on any atom is -0.377 e. The van der Waals surface area contributed by atoms with Crippen LogP contribution in [-0.2, 0) is 0 Å². The van der Waals surface area contributed by atoms with Crippen molar-refractivity contribution < 1.29 is 0 Å². The van der Waals surface area contributed by atoms with Gasteiger partial charge in [0.15, 0.2) is 0 Å². The molecule has 0 aliphatic carbocycles. The van der Waals surface area contributed by atoms with Crippen molar-refractivity contribution in [3.05, 3.63) is 21.6 Å². The first-order valence-corrected chi connectivity index (χ1v) is 8.91. The highest BCUT2D eigenvalue weighted by atomic mass is 35.5. The standard InChI is InChI=1S/C17H30ClN3O/c1-4-6-8-10-12-17(3,11-9-7-5-2)20-14-13-19-21-16(22)15(14)18/h13H,4-12H2,1-3H3,(H2,20,21,22). The molecule has 1 unspecified atom stereocenters. The van der Waals surface area contributed by atoms with Crippen LogP contribution in [0.5, 0.6) is 0 Å². The Morgan fingerprint density at radius 3 is 2.36 bits per heavy atom. The third-order valence-corrected chi connectivity index (χ3v) is 4.52. The average molecular weight is 328 g/mol. The summed E-state index contributed by atoms with van der Waals surface area (Å²) < 4.78 is 0. The van der Waals surface area contributed by atoms with Crippen LogP contribution in [0, 0.1) is 0 Å². The first kappa shape index (κ1) is 19.0. The smallest absolute Gasteiger partial charge is 0.285 e. The highest BCUT2D eigenvalue weighted by Crippen LogP contribution is 2.28. The summed E-state index contributed by atoms with van der Waals surface area (Å²) in [5.41, 5.74) is 0.260. The van der Waals surface area contributed by atoms with E-state index in [0.717, 1.165) is 12.8 Å². The van der Waals surface area contributed by atoms with Gasteiger partial charge in [-0.1, -0.05) is 70.4 Å². The minimum atomic E-state index is -0.339. The largest absolute Gasteiger partial charge is 0.377 e. The van der Waals surface area contributed by atoms with E-state index < -0.39 is 0 Å². The van der Waals surface area contributed by atoms with Crippen LogP contribution in [0.15, 0.2) is 11.0 Å². The number of hydrogen-bond donors (Lipinski definition) is 2. The molecule has 0 aliphatic rings. The molecule has 0 spiro atoms. The zero-order valence-corrected chi connectivity index (χ0v) is 14.9. The molecule has 1 aromatic rings. The third kappa shape index (κ3) is 6.39. The van der Waals surface area contributed by atoms with Crippen molar-refractivity contribution in [2.24, 2.45) is 0 Å². The van der Waals surface area contributed by atoms with E-state index >= 15 is 0 Å². The number of nitrogens with zero attached hydrogens (tertiary/aromatic N) is 1. The van der Waals surface area contributed by atoms with Gasteiger partial charge < -0.3 is 5.32 Å². The predicted octanol–water partition coefficient (Wildman–Crippen LogP) is 5.14. The highest BCUT2D eigenvalue weighted by molar-refractivity contribution is 6.32. The molecule has 1 heterocycles. The van der Waals surface area contributed by atoms with E-state index in [-0.39, 0.29) is 16.1 Å². The molecule has 1 rings (SSSR count). The second-order valence-electron chi connectivity index (χ2n) is 6.38. The molecule has 5 heteroatoms. The lowest BCUT2D eigenvalue weighted by molar-refractivity contribution is 0.397. The van der Waals surface area contributed by atoms with Gasteiger partial charge in [-0.2, -0.15) is 5.10 Å². The van der Waals surface area contributed by atoms with E-state index in [9.17, 15) is 4.79 Å². The molecule has 0 radical (unpaired) electrons. The second-order valence-corrected chi connectivity index (χ2v) is 6.76. The van der Waals surface area contributed by atoms with Crippen molar-refractivity contribution in [1.82, 2.24) is 10.2 Å². The molecule has 22 heavy (non-hydrogen) atoms. The number of nitrogens with one attached hydrogen (secondary N) is 2. The normalized spacial score (nSPS) is 13.8. The summed E-state index contributed by atoms with van der Waals surface area (Å²) in [6.07, 6.45) is 12.3. The van der Waals surface area contributed by atoms with Gasteiger partial charge in [0.1, 0.15) is 5.02 Å². The van der Waals surface area contributed by atoms with Gasteiger partial charge in [-0.15, -0.1) is 0 Å². The van der Waals surface area contributed by atoms with Crippen LogP contribution in [-0.4, -0.2) is 15.7 Å². The number of halogens is 1. The summed E-state index contributed by atoms with van der Waals surface area (Å²) in [6.45, 7) is 6.66. The number of H-pyrrole nitrogens is 1. The van der Waals surface area contributed by atoms with Gasteiger partial charge in [-0.25, -0.2) is 5.10 Å². The molecule has 0 amide bonds. The topological polar surface area (TPSA) is 57.8 Å². The molecule has 0 saturated heterocycles. The van der Waals surface area contributed by atoms with Crippen LogP contribution < -0.4 is 10.9 Å². The maximum Gasteiger partial charge on any atom is 0.285 e. The molecule has 4 nitrogen and oxygen atoms in total. The summed E-state index contributed by atoms with van der Waals surface area (Å²) in [4.78, 5) is 11.6. The molecule has 0 fully saturated rings. The monoisotopic (exact) mass is 327 g/mol. The van der Waals surface area contributed by atoms with Crippen LogP contribution >= 0.6 is 11.6 Å². The van der Waals surface area contributed by atoms with Crippen LogP contribution in [0.2, 0.25) is 5.02 Å². The van der Waals surface area contributed by atoms with E-state index in [0.29, 0.717) is 5.69 Å². The fraction of sp³-hybridized carbons (Fsp3) is 0.765. The number of unbranched alkanes of at least 4 members (excludes halogenated alkanes) is 5. The molecule has 0 aliphatic heterocycles. The zero-order chi connectivity index (χ0) is 16.4.